The normalized spacial score (nSPS) is 12.4. The average Bonchev–Trinajstić information content (AvgIpc) is 2.66. The van der Waals surface area contributed by atoms with Gasteiger partial charge in [0.25, 0.3) is 0 Å². The highest BCUT2D eigenvalue weighted by molar-refractivity contribution is 7.88. The highest BCUT2D eigenvalue weighted by atomic mass is 32.2. The van der Waals surface area contributed by atoms with E-state index in [4.69, 9.17) is 9.47 Å². The summed E-state index contributed by atoms with van der Waals surface area (Å²) < 4.78 is 36.1. The maximum atomic E-state index is 12.3. The highest BCUT2D eigenvalue weighted by Crippen LogP contribution is 2.25. The lowest BCUT2D eigenvalue weighted by molar-refractivity contribution is -0.122. The monoisotopic (exact) mass is 406 g/mol. The molecule has 0 aromatic heterocycles. The Morgan fingerprint density at radius 1 is 1.07 bits per heavy atom. The van der Waals surface area contributed by atoms with Crippen LogP contribution in [-0.2, 0) is 21.4 Å². The number of hydrogen-bond acceptors (Lipinski definition) is 5. The first-order valence-corrected chi connectivity index (χ1v) is 10.7. The molecule has 1 unspecified atom stereocenters. The summed E-state index contributed by atoms with van der Waals surface area (Å²) in [6.07, 6.45) is 1.09. The molecule has 2 rings (SSSR count). The maximum absolute atomic E-state index is 12.3. The van der Waals surface area contributed by atoms with E-state index in [-0.39, 0.29) is 25.7 Å². The minimum Gasteiger partial charge on any atom is -0.493 e. The second-order valence-corrected chi connectivity index (χ2v) is 8.43. The maximum Gasteiger partial charge on any atom is 0.235 e. The summed E-state index contributed by atoms with van der Waals surface area (Å²) in [5, 5.41) is 2.77. The van der Waals surface area contributed by atoms with Gasteiger partial charge in [0.15, 0.2) is 11.5 Å². The Balaban J connectivity index is 1.91. The molecule has 0 aliphatic rings. The molecule has 0 bridgehead atoms. The highest BCUT2D eigenvalue weighted by Gasteiger charge is 2.21. The zero-order valence-electron chi connectivity index (χ0n) is 16.3. The van der Waals surface area contributed by atoms with Gasteiger partial charge in [0.2, 0.25) is 15.9 Å². The SMILES string of the molecule is COc1ccccc1OCC(C)NC(=O)CN(Cc1ccccc1)S(C)(=O)=O. The predicted molar refractivity (Wildman–Crippen MR) is 108 cm³/mol. The van der Waals surface area contributed by atoms with Crippen molar-refractivity contribution in [3.8, 4) is 11.5 Å². The van der Waals surface area contributed by atoms with Crippen LogP contribution >= 0.6 is 0 Å². The molecule has 2 aromatic carbocycles. The van der Waals surface area contributed by atoms with Crippen molar-refractivity contribution in [1.29, 1.82) is 0 Å². The molecule has 152 valence electrons. The molecular formula is C20H26N2O5S. The van der Waals surface area contributed by atoms with Gasteiger partial charge in [-0.3, -0.25) is 4.79 Å². The van der Waals surface area contributed by atoms with E-state index in [1.165, 1.54) is 0 Å². The number of carbonyl (C=O) groups is 1. The van der Waals surface area contributed by atoms with Crippen molar-refractivity contribution < 1.29 is 22.7 Å². The number of amides is 1. The minimum atomic E-state index is -3.53. The molecule has 0 heterocycles. The van der Waals surface area contributed by atoms with Gasteiger partial charge in [-0.15, -0.1) is 0 Å². The number of ether oxygens (including phenoxy) is 2. The number of methoxy groups -OCH3 is 1. The van der Waals surface area contributed by atoms with Crippen LogP contribution < -0.4 is 14.8 Å². The molecule has 0 saturated heterocycles. The van der Waals surface area contributed by atoms with Crippen LogP contribution in [0, 0.1) is 0 Å². The summed E-state index contributed by atoms with van der Waals surface area (Å²) in [7, 11) is -1.98. The lowest BCUT2D eigenvalue weighted by Gasteiger charge is -2.21. The van der Waals surface area contributed by atoms with E-state index in [0.29, 0.717) is 11.5 Å². The van der Waals surface area contributed by atoms with Crippen molar-refractivity contribution in [3.05, 3.63) is 60.2 Å². The average molecular weight is 407 g/mol. The first kappa shape index (κ1) is 21.7. The summed E-state index contributed by atoms with van der Waals surface area (Å²) in [4.78, 5) is 12.3. The molecule has 8 heteroatoms. The van der Waals surface area contributed by atoms with Crippen LogP contribution in [0.3, 0.4) is 0 Å². The summed E-state index contributed by atoms with van der Waals surface area (Å²) in [6.45, 7) is 1.89. The molecule has 1 N–H and O–H groups in total. The number of nitrogens with one attached hydrogen (secondary N) is 1. The summed E-state index contributed by atoms with van der Waals surface area (Å²) in [5.74, 6) is 0.789. The van der Waals surface area contributed by atoms with E-state index in [2.05, 4.69) is 5.32 Å². The van der Waals surface area contributed by atoms with Crippen LogP contribution in [0.15, 0.2) is 54.6 Å². The molecule has 0 fully saturated rings. The predicted octanol–water partition coefficient (Wildman–Crippen LogP) is 2.04. The Kier molecular flexibility index (Phi) is 7.83. The zero-order chi connectivity index (χ0) is 20.6. The lowest BCUT2D eigenvalue weighted by atomic mass is 10.2. The second-order valence-electron chi connectivity index (χ2n) is 6.45. The first-order valence-electron chi connectivity index (χ1n) is 8.84. The molecule has 0 saturated carbocycles. The van der Waals surface area contributed by atoms with Gasteiger partial charge in [0, 0.05) is 6.54 Å². The molecule has 7 nitrogen and oxygen atoms in total. The van der Waals surface area contributed by atoms with Crippen LogP contribution in [-0.4, -0.2) is 51.2 Å². The number of sulfonamides is 1. The molecule has 2 aromatic rings. The van der Waals surface area contributed by atoms with Gasteiger partial charge in [-0.25, -0.2) is 8.42 Å². The van der Waals surface area contributed by atoms with Crippen molar-refractivity contribution in [2.45, 2.75) is 19.5 Å². The van der Waals surface area contributed by atoms with E-state index in [9.17, 15) is 13.2 Å². The van der Waals surface area contributed by atoms with Crippen molar-refractivity contribution in [2.75, 3.05) is 26.5 Å². The number of carbonyl (C=O) groups excluding carboxylic acids is 1. The Labute approximate surface area is 166 Å². The molecule has 0 aliphatic carbocycles. The van der Waals surface area contributed by atoms with Gasteiger partial charge in [0.1, 0.15) is 6.61 Å². The smallest absolute Gasteiger partial charge is 0.235 e. The number of rotatable bonds is 10. The van der Waals surface area contributed by atoms with Crippen LogP contribution in [0.4, 0.5) is 0 Å². The van der Waals surface area contributed by atoms with Crippen LogP contribution in [0.25, 0.3) is 0 Å². The van der Waals surface area contributed by atoms with Gasteiger partial charge < -0.3 is 14.8 Å². The van der Waals surface area contributed by atoms with Crippen molar-refractivity contribution in [2.24, 2.45) is 0 Å². The quantitative estimate of drug-likeness (QED) is 0.653. The molecule has 0 spiro atoms. The number of hydrogen-bond donors (Lipinski definition) is 1. The fourth-order valence-electron chi connectivity index (χ4n) is 2.55. The van der Waals surface area contributed by atoms with Crippen molar-refractivity contribution >= 4 is 15.9 Å². The third kappa shape index (κ3) is 6.86. The molecule has 0 aliphatic heterocycles. The largest absolute Gasteiger partial charge is 0.493 e. The van der Waals surface area contributed by atoms with E-state index in [0.717, 1.165) is 16.1 Å². The fraction of sp³-hybridized carbons (Fsp3) is 0.350. The van der Waals surface area contributed by atoms with Gasteiger partial charge in [-0.05, 0) is 24.6 Å². The van der Waals surface area contributed by atoms with Gasteiger partial charge >= 0.3 is 0 Å². The standard InChI is InChI=1S/C20H26N2O5S/c1-16(15-27-19-12-8-7-11-18(19)26-2)21-20(23)14-22(28(3,24)25)13-17-9-5-4-6-10-17/h4-12,16H,13-15H2,1-3H3,(H,21,23). The minimum absolute atomic E-state index is 0.138. The Hall–Kier alpha value is -2.58. The summed E-state index contributed by atoms with van der Waals surface area (Å²) in [5.41, 5.74) is 0.813. The Bertz CT molecular complexity index is 871. The third-order valence-electron chi connectivity index (χ3n) is 3.96. The fourth-order valence-corrected chi connectivity index (χ4v) is 3.29. The van der Waals surface area contributed by atoms with E-state index in [1.54, 1.807) is 26.2 Å². The molecule has 1 amide bonds. The third-order valence-corrected chi connectivity index (χ3v) is 5.15. The Morgan fingerprint density at radius 3 is 2.29 bits per heavy atom. The lowest BCUT2D eigenvalue weighted by Crippen LogP contribution is -2.44. The van der Waals surface area contributed by atoms with E-state index < -0.39 is 15.9 Å². The number of benzene rings is 2. The zero-order valence-corrected chi connectivity index (χ0v) is 17.1. The molecule has 1 atom stereocenters. The van der Waals surface area contributed by atoms with Gasteiger partial charge in [-0.1, -0.05) is 42.5 Å². The summed E-state index contributed by atoms with van der Waals surface area (Å²) in [6, 6.07) is 16.1. The van der Waals surface area contributed by atoms with Crippen LogP contribution in [0.1, 0.15) is 12.5 Å². The number of para-hydroxylation sites is 2. The van der Waals surface area contributed by atoms with Crippen molar-refractivity contribution in [3.63, 3.8) is 0 Å². The molecule has 28 heavy (non-hydrogen) atoms. The topological polar surface area (TPSA) is 84.9 Å². The molecular weight excluding hydrogens is 380 g/mol. The van der Waals surface area contributed by atoms with Crippen LogP contribution in [0.5, 0.6) is 11.5 Å². The van der Waals surface area contributed by atoms with Gasteiger partial charge in [0.05, 0.1) is 26.0 Å². The first-order chi connectivity index (χ1) is 13.3. The second kappa shape index (κ2) is 10.1. The van der Waals surface area contributed by atoms with Crippen LogP contribution in [0.2, 0.25) is 0 Å². The van der Waals surface area contributed by atoms with Crippen molar-refractivity contribution in [1.82, 2.24) is 9.62 Å². The Morgan fingerprint density at radius 2 is 1.68 bits per heavy atom. The summed E-state index contributed by atoms with van der Waals surface area (Å²) >= 11 is 0. The molecule has 0 radical (unpaired) electrons. The number of nitrogens with zero attached hydrogens (tertiary/aromatic N) is 1. The van der Waals surface area contributed by atoms with E-state index >= 15 is 0 Å². The van der Waals surface area contributed by atoms with E-state index in [1.807, 2.05) is 42.5 Å². The van der Waals surface area contributed by atoms with Gasteiger partial charge in [-0.2, -0.15) is 4.31 Å².